The fourth-order valence-corrected chi connectivity index (χ4v) is 3.28. The minimum Gasteiger partial charge on any atom is -0.489 e. The van der Waals surface area contributed by atoms with E-state index in [-0.39, 0.29) is 5.92 Å². The Bertz CT molecular complexity index is 1010. The number of benzene rings is 2. The Morgan fingerprint density at radius 1 is 1.13 bits per heavy atom. The largest absolute Gasteiger partial charge is 0.489 e. The second-order valence-electron chi connectivity index (χ2n) is 7.05. The fraction of sp³-hybridized carbons (Fsp3) is 0.304. The van der Waals surface area contributed by atoms with E-state index in [2.05, 4.69) is 0 Å². The summed E-state index contributed by atoms with van der Waals surface area (Å²) in [5, 5.41) is 9.17. The number of ether oxygens (including phenoxy) is 2. The summed E-state index contributed by atoms with van der Waals surface area (Å²) in [5.41, 5.74) is 7.53. The molecule has 4 rings (SSSR count). The molecular formula is C23H25NO6. The van der Waals surface area contributed by atoms with Gasteiger partial charge in [-0.05, 0) is 43.5 Å². The minimum absolute atomic E-state index is 0.154. The van der Waals surface area contributed by atoms with Crippen LogP contribution >= 0.6 is 0 Å². The lowest BCUT2D eigenvalue weighted by Gasteiger charge is -2.17. The minimum atomic E-state index is -0.682. The molecule has 30 heavy (non-hydrogen) atoms. The average molecular weight is 411 g/mol. The third-order valence-electron chi connectivity index (χ3n) is 4.90. The standard InChI is InChI=1S/C17H15NO3.C6H10O3/c1-11-16(17(18)19)14-9-13(7-8-15(14)21-11)20-10-12-5-3-2-4-6-12;7-6(8)5-1-3-9-4-2-5/h2-9H,10H2,1H3,(H2,18,19);5H,1-4H2,(H,7,8). The highest BCUT2D eigenvalue weighted by atomic mass is 16.5. The Labute approximate surface area is 174 Å². The van der Waals surface area contributed by atoms with Gasteiger partial charge in [0, 0.05) is 18.6 Å². The van der Waals surface area contributed by atoms with Crippen molar-refractivity contribution in [1.82, 2.24) is 0 Å². The fourth-order valence-electron chi connectivity index (χ4n) is 3.28. The number of amides is 1. The second kappa shape index (κ2) is 9.93. The summed E-state index contributed by atoms with van der Waals surface area (Å²) >= 11 is 0. The zero-order valence-corrected chi connectivity index (χ0v) is 16.8. The van der Waals surface area contributed by atoms with Gasteiger partial charge in [-0.15, -0.1) is 0 Å². The maximum Gasteiger partial charge on any atom is 0.306 e. The molecule has 2 aromatic carbocycles. The number of rotatable bonds is 5. The number of hydrogen-bond donors (Lipinski definition) is 2. The molecule has 158 valence electrons. The molecule has 1 aliphatic rings. The van der Waals surface area contributed by atoms with E-state index in [1.54, 1.807) is 19.1 Å². The van der Waals surface area contributed by atoms with Crippen molar-refractivity contribution in [3.63, 3.8) is 0 Å². The summed E-state index contributed by atoms with van der Waals surface area (Å²) in [7, 11) is 0. The maximum absolute atomic E-state index is 11.5. The molecule has 0 saturated carbocycles. The molecule has 0 spiro atoms. The van der Waals surface area contributed by atoms with Crippen molar-refractivity contribution < 1.29 is 28.6 Å². The molecule has 1 fully saturated rings. The molecule has 0 aliphatic carbocycles. The Morgan fingerprint density at radius 3 is 2.43 bits per heavy atom. The number of hydrogen-bond acceptors (Lipinski definition) is 5. The molecule has 3 aromatic rings. The van der Waals surface area contributed by atoms with Crippen molar-refractivity contribution in [2.24, 2.45) is 11.7 Å². The van der Waals surface area contributed by atoms with Crippen molar-refractivity contribution in [2.75, 3.05) is 13.2 Å². The van der Waals surface area contributed by atoms with Crippen LogP contribution in [0.25, 0.3) is 11.0 Å². The molecule has 7 heteroatoms. The van der Waals surface area contributed by atoms with Gasteiger partial charge in [0.05, 0.1) is 11.5 Å². The summed E-state index contributed by atoms with van der Waals surface area (Å²) in [6.07, 6.45) is 1.35. The summed E-state index contributed by atoms with van der Waals surface area (Å²) in [6.45, 7) is 3.41. The number of fused-ring (bicyclic) bond motifs is 1. The number of carboxylic acid groups (broad SMARTS) is 1. The number of carboxylic acids is 1. The van der Waals surface area contributed by atoms with Gasteiger partial charge < -0.3 is 24.7 Å². The molecule has 0 atom stereocenters. The number of furan rings is 1. The lowest BCUT2D eigenvalue weighted by atomic mass is 10.0. The summed E-state index contributed by atoms with van der Waals surface area (Å²) < 4.78 is 16.3. The van der Waals surface area contributed by atoms with Crippen LogP contribution in [0.4, 0.5) is 0 Å². The maximum atomic E-state index is 11.5. The summed E-state index contributed by atoms with van der Waals surface area (Å²) in [6, 6.07) is 15.3. The van der Waals surface area contributed by atoms with Gasteiger partial charge in [0.25, 0.3) is 5.91 Å². The number of aliphatic carboxylic acids is 1. The van der Waals surface area contributed by atoms with Gasteiger partial charge in [-0.3, -0.25) is 9.59 Å². The van der Waals surface area contributed by atoms with Crippen LogP contribution in [-0.4, -0.2) is 30.2 Å². The van der Waals surface area contributed by atoms with Gasteiger partial charge in [-0.25, -0.2) is 0 Å². The SMILES string of the molecule is Cc1oc2ccc(OCc3ccccc3)cc2c1C(N)=O.O=C(O)C1CCOCC1. The Balaban J connectivity index is 0.000000239. The molecule has 1 aliphatic heterocycles. The van der Waals surface area contributed by atoms with E-state index in [0.717, 1.165) is 5.56 Å². The van der Waals surface area contributed by atoms with Crippen molar-refractivity contribution in [1.29, 1.82) is 0 Å². The molecule has 1 aromatic heterocycles. The molecule has 1 amide bonds. The third-order valence-corrected chi connectivity index (χ3v) is 4.90. The van der Waals surface area contributed by atoms with E-state index in [1.165, 1.54) is 0 Å². The predicted molar refractivity (Wildman–Crippen MR) is 111 cm³/mol. The Hall–Kier alpha value is -3.32. The Kier molecular flexibility index (Phi) is 7.08. The van der Waals surface area contributed by atoms with E-state index in [9.17, 15) is 9.59 Å². The van der Waals surface area contributed by atoms with Gasteiger partial charge in [0.15, 0.2) is 0 Å². The number of primary amides is 1. The number of aryl methyl sites for hydroxylation is 1. The summed E-state index contributed by atoms with van der Waals surface area (Å²) in [4.78, 5) is 21.8. The zero-order valence-electron chi connectivity index (χ0n) is 16.8. The molecule has 3 N–H and O–H groups in total. The molecule has 7 nitrogen and oxygen atoms in total. The molecule has 2 heterocycles. The first-order valence-corrected chi connectivity index (χ1v) is 9.76. The van der Waals surface area contributed by atoms with Gasteiger partial charge in [-0.1, -0.05) is 30.3 Å². The van der Waals surface area contributed by atoms with Gasteiger partial charge >= 0.3 is 5.97 Å². The molecule has 0 bridgehead atoms. The average Bonchev–Trinajstić information content (AvgIpc) is 3.09. The highest BCUT2D eigenvalue weighted by Gasteiger charge is 2.20. The lowest BCUT2D eigenvalue weighted by molar-refractivity contribution is -0.144. The van der Waals surface area contributed by atoms with Crippen LogP contribution in [0.5, 0.6) is 5.75 Å². The lowest BCUT2D eigenvalue weighted by Crippen LogP contribution is -2.22. The van der Waals surface area contributed by atoms with Gasteiger partial charge in [0.1, 0.15) is 23.7 Å². The van der Waals surface area contributed by atoms with Gasteiger partial charge in [-0.2, -0.15) is 0 Å². The van der Waals surface area contributed by atoms with Crippen LogP contribution < -0.4 is 10.5 Å². The molecular weight excluding hydrogens is 386 g/mol. The van der Waals surface area contributed by atoms with E-state index >= 15 is 0 Å². The number of nitrogens with two attached hydrogens (primary N) is 1. The molecule has 0 unspecified atom stereocenters. The van der Waals surface area contributed by atoms with Crippen molar-refractivity contribution in [2.45, 2.75) is 26.4 Å². The highest BCUT2D eigenvalue weighted by molar-refractivity contribution is 6.06. The first kappa shape index (κ1) is 21.4. The molecule has 1 saturated heterocycles. The van der Waals surface area contributed by atoms with Crippen molar-refractivity contribution in [3.8, 4) is 5.75 Å². The van der Waals surface area contributed by atoms with E-state index in [4.69, 9.17) is 24.7 Å². The monoisotopic (exact) mass is 411 g/mol. The van der Waals surface area contributed by atoms with E-state index in [0.29, 0.717) is 60.7 Å². The van der Waals surface area contributed by atoms with Crippen LogP contribution in [-0.2, 0) is 16.1 Å². The van der Waals surface area contributed by atoms with E-state index in [1.807, 2.05) is 36.4 Å². The number of carbonyl (C=O) groups is 2. The second-order valence-corrected chi connectivity index (χ2v) is 7.05. The third kappa shape index (κ3) is 5.39. The zero-order chi connectivity index (χ0) is 21.5. The smallest absolute Gasteiger partial charge is 0.306 e. The van der Waals surface area contributed by atoms with E-state index < -0.39 is 11.9 Å². The van der Waals surface area contributed by atoms with Crippen LogP contribution in [0.15, 0.2) is 52.9 Å². The first-order valence-electron chi connectivity index (χ1n) is 9.76. The first-order chi connectivity index (χ1) is 14.5. The van der Waals surface area contributed by atoms with Crippen molar-refractivity contribution >= 4 is 22.8 Å². The Morgan fingerprint density at radius 2 is 1.83 bits per heavy atom. The quantitative estimate of drug-likeness (QED) is 0.658. The molecule has 0 radical (unpaired) electrons. The van der Waals surface area contributed by atoms with Crippen LogP contribution in [0.3, 0.4) is 0 Å². The highest BCUT2D eigenvalue weighted by Crippen LogP contribution is 2.29. The van der Waals surface area contributed by atoms with Crippen LogP contribution in [0.2, 0.25) is 0 Å². The number of carbonyl (C=O) groups excluding carboxylic acids is 1. The predicted octanol–water partition coefficient (Wildman–Crippen LogP) is 3.92. The van der Waals surface area contributed by atoms with Crippen LogP contribution in [0.1, 0.15) is 34.5 Å². The van der Waals surface area contributed by atoms with Crippen molar-refractivity contribution in [3.05, 3.63) is 65.4 Å². The normalized spacial score (nSPS) is 14.0. The van der Waals surface area contributed by atoms with Crippen LogP contribution in [0, 0.1) is 12.8 Å². The topological polar surface area (TPSA) is 112 Å². The summed E-state index contributed by atoms with van der Waals surface area (Å²) in [5.74, 6) is -0.129. The van der Waals surface area contributed by atoms with Gasteiger partial charge in [0.2, 0.25) is 0 Å².